The van der Waals surface area contributed by atoms with Crippen LogP contribution in [-0.4, -0.2) is 172 Å². The third kappa shape index (κ3) is 10.1. The number of fused-ring (bicyclic) bond motifs is 6. The number of aromatic nitrogens is 3. The fourth-order valence-corrected chi connectivity index (χ4v) is 14.3. The number of esters is 1. The van der Waals surface area contributed by atoms with Crippen LogP contribution in [0.3, 0.4) is 0 Å². The molecule has 6 bridgehead atoms. The lowest BCUT2D eigenvalue weighted by Crippen LogP contribution is -2.73. The Kier molecular flexibility index (Phi) is 13.7. The van der Waals surface area contributed by atoms with Crippen LogP contribution in [0.1, 0.15) is 122 Å². The number of benzene rings is 1. The Balaban J connectivity index is 0.819. The molecule has 8 fully saturated rings. The highest BCUT2D eigenvalue weighted by Gasteiger charge is 2.57. The summed E-state index contributed by atoms with van der Waals surface area (Å²) in [5.74, 6) is 0.530. The lowest BCUT2D eigenvalue weighted by atomic mass is 9.84. The highest BCUT2D eigenvalue weighted by atomic mass is 16.5. The van der Waals surface area contributed by atoms with Crippen LogP contribution in [0.5, 0.6) is 0 Å². The molecule has 1 aromatic carbocycles. The number of aryl methyl sites for hydroxylation is 1. The van der Waals surface area contributed by atoms with E-state index >= 15 is 9.59 Å². The SMILES string of the molecule is CCn1c(-c2cc(N3CCN(C4CC4)CC3)cnc2C(C)C)c2c3cc(ccc31)-c1nc(co1)C[C@H](NC(=O)[C@H](C1CCCC1)N1CCOC3(CN(C(=O)[C@@H]4N[C@@H]4C4CC4)C3)C1)C(=O)N1CCC[C@H](N1)C(=O)OCC(C)(C)C2. The van der Waals surface area contributed by atoms with Gasteiger partial charge in [-0.3, -0.25) is 44.3 Å². The first-order valence-electron chi connectivity index (χ1n) is 29.8. The fourth-order valence-electron chi connectivity index (χ4n) is 14.3. The average molecular weight is 1070 g/mol. The molecule has 3 aromatic heterocycles. The molecule has 5 saturated heterocycles. The number of likely N-dealkylation sites (tertiary alicyclic amines) is 1. The second-order valence-corrected chi connectivity index (χ2v) is 25.7. The van der Waals surface area contributed by atoms with Gasteiger partial charge < -0.3 is 33.6 Å². The van der Waals surface area contributed by atoms with Crippen molar-refractivity contribution in [3.63, 3.8) is 0 Å². The number of hydrogen-bond acceptors (Lipinski definition) is 14. The maximum Gasteiger partial charge on any atom is 0.324 e. The van der Waals surface area contributed by atoms with Gasteiger partial charge in [0.15, 0.2) is 0 Å². The minimum Gasteiger partial charge on any atom is -0.464 e. The van der Waals surface area contributed by atoms with Gasteiger partial charge in [-0.05, 0) is 112 Å². The zero-order valence-electron chi connectivity index (χ0n) is 46.6. The molecule has 78 heavy (non-hydrogen) atoms. The number of amides is 3. The minimum absolute atomic E-state index is 0.0783. The minimum atomic E-state index is -1.02. The van der Waals surface area contributed by atoms with Gasteiger partial charge in [-0.2, -0.15) is 0 Å². The van der Waals surface area contributed by atoms with Gasteiger partial charge in [-0.1, -0.05) is 40.5 Å². The van der Waals surface area contributed by atoms with Gasteiger partial charge in [0.25, 0.3) is 5.91 Å². The molecule has 4 aromatic rings. The number of carbonyl (C=O) groups is 4. The molecule has 9 heterocycles. The molecule has 3 saturated carbocycles. The molecular weight excluding hydrogens is 987 g/mol. The number of morpholine rings is 1. The van der Waals surface area contributed by atoms with Gasteiger partial charge in [0, 0.05) is 98.3 Å². The fraction of sp³-hybridized carbons (Fsp3) is 0.667. The molecule has 13 rings (SSSR count). The highest BCUT2D eigenvalue weighted by Crippen LogP contribution is 2.45. The summed E-state index contributed by atoms with van der Waals surface area (Å²) in [6.07, 6.45) is 14.4. The van der Waals surface area contributed by atoms with Crippen molar-refractivity contribution in [2.45, 2.75) is 166 Å². The highest BCUT2D eigenvalue weighted by molar-refractivity contribution is 5.95. The van der Waals surface area contributed by atoms with Crippen molar-refractivity contribution in [2.24, 2.45) is 17.3 Å². The Labute approximate surface area is 458 Å². The van der Waals surface area contributed by atoms with Gasteiger partial charge in [0.1, 0.15) is 30.0 Å². The molecular formula is C60H81N11O7. The molecule has 18 nitrogen and oxygen atoms in total. The van der Waals surface area contributed by atoms with Crippen molar-refractivity contribution < 1.29 is 33.1 Å². The van der Waals surface area contributed by atoms with E-state index in [1.807, 2.05) is 4.90 Å². The summed E-state index contributed by atoms with van der Waals surface area (Å²) in [4.78, 5) is 77.5. The van der Waals surface area contributed by atoms with E-state index in [-0.39, 0.29) is 48.6 Å². The maximum atomic E-state index is 15.2. The zero-order chi connectivity index (χ0) is 53.6. The number of cyclic esters (lactones) is 1. The number of piperazine rings is 1. The topological polar surface area (TPSA) is 193 Å². The first kappa shape index (κ1) is 52.0. The molecule has 18 heteroatoms. The van der Waals surface area contributed by atoms with Crippen LogP contribution < -0.4 is 21.0 Å². The third-order valence-corrected chi connectivity index (χ3v) is 18.8. The maximum absolute atomic E-state index is 15.2. The second-order valence-electron chi connectivity index (χ2n) is 25.7. The number of nitrogens with zero attached hydrogens (tertiary/aromatic N) is 8. The van der Waals surface area contributed by atoms with Crippen molar-refractivity contribution in [1.29, 1.82) is 0 Å². The van der Waals surface area contributed by atoms with Gasteiger partial charge in [0.05, 0.1) is 61.3 Å². The Bertz CT molecular complexity index is 2940. The smallest absolute Gasteiger partial charge is 0.324 e. The van der Waals surface area contributed by atoms with E-state index < -0.39 is 35.1 Å². The molecule has 0 radical (unpaired) electrons. The average Bonchev–Trinajstić information content (AvgIpc) is 4.56. The Morgan fingerprint density at radius 2 is 1.72 bits per heavy atom. The number of ether oxygens (including phenoxy) is 2. The van der Waals surface area contributed by atoms with E-state index in [4.69, 9.17) is 23.9 Å². The van der Waals surface area contributed by atoms with Crippen LogP contribution in [0.15, 0.2) is 41.1 Å². The number of pyridine rings is 1. The lowest BCUT2D eigenvalue weighted by molar-refractivity contribution is -0.197. The molecule has 9 aliphatic rings. The van der Waals surface area contributed by atoms with E-state index in [0.29, 0.717) is 82.1 Å². The quantitative estimate of drug-likeness (QED) is 0.123. The van der Waals surface area contributed by atoms with Crippen molar-refractivity contribution in [3.8, 4) is 22.7 Å². The molecule has 3 aliphatic carbocycles. The van der Waals surface area contributed by atoms with E-state index in [0.717, 1.165) is 109 Å². The van der Waals surface area contributed by atoms with E-state index in [2.05, 4.69) is 100 Å². The van der Waals surface area contributed by atoms with Gasteiger partial charge in [-0.15, -0.1) is 0 Å². The molecule has 418 valence electrons. The molecule has 1 spiro atoms. The summed E-state index contributed by atoms with van der Waals surface area (Å²) < 4.78 is 21.5. The molecule has 3 N–H and O–H groups in total. The van der Waals surface area contributed by atoms with Gasteiger partial charge in [0.2, 0.25) is 17.7 Å². The summed E-state index contributed by atoms with van der Waals surface area (Å²) >= 11 is 0. The normalized spacial score (nSPS) is 27.5. The summed E-state index contributed by atoms with van der Waals surface area (Å²) in [5.41, 5.74) is 10.2. The van der Waals surface area contributed by atoms with Crippen LogP contribution in [-0.2, 0) is 48.0 Å². The molecule has 0 unspecified atom stereocenters. The van der Waals surface area contributed by atoms with E-state index in [1.165, 1.54) is 30.7 Å². The Morgan fingerprint density at radius 1 is 0.923 bits per heavy atom. The van der Waals surface area contributed by atoms with Crippen LogP contribution in [0.25, 0.3) is 33.6 Å². The van der Waals surface area contributed by atoms with E-state index in [9.17, 15) is 9.59 Å². The first-order chi connectivity index (χ1) is 37.7. The van der Waals surface area contributed by atoms with Crippen LogP contribution >= 0.6 is 0 Å². The monoisotopic (exact) mass is 1070 g/mol. The van der Waals surface area contributed by atoms with Crippen LogP contribution in [0.2, 0.25) is 0 Å². The number of hydrazine groups is 1. The zero-order valence-corrected chi connectivity index (χ0v) is 46.6. The Hall–Kier alpha value is -5.40. The molecule has 3 amide bonds. The standard InChI is InChI=1S/C60H81N11O7/c1-6-70-48-18-15-39-26-43(48)45(53(70)44-28-42(30-61-49(44)36(2)3)67-22-20-66(21-23-67)41-16-17-41)29-59(4,5)35-77-58(75)46-12-9-19-71(65-46)56(73)47(27-40-31-76-55(39)62-40)63-54(72)52(38-10-7-8-11-38)68-24-25-78-60(32-68)33-69(34-60)57(74)51-50(64-51)37-13-14-37/h15,18,26,28,30-31,36-38,41,46-47,50-52,64-65H,6-14,16-17,19-25,27,29,32-35H2,1-5H3,(H,63,72)/t46-,47-,50+,51+,52-/m0/s1. The second kappa shape index (κ2) is 20.6. The summed E-state index contributed by atoms with van der Waals surface area (Å²) in [7, 11) is 0. The number of rotatable bonds is 11. The van der Waals surface area contributed by atoms with Gasteiger partial charge >= 0.3 is 5.97 Å². The lowest BCUT2D eigenvalue weighted by Gasteiger charge is -2.55. The van der Waals surface area contributed by atoms with Crippen molar-refractivity contribution >= 4 is 40.3 Å². The van der Waals surface area contributed by atoms with Crippen molar-refractivity contribution in [2.75, 3.05) is 77.0 Å². The summed E-state index contributed by atoms with van der Waals surface area (Å²) in [5, 5.41) is 9.27. The van der Waals surface area contributed by atoms with Crippen LogP contribution in [0, 0.1) is 17.3 Å². The summed E-state index contributed by atoms with van der Waals surface area (Å²) in [6.45, 7) is 18.8. The molecule has 5 atom stereocenters. The predicted molar refractivity (Wildman–Crippen MR) is 295 cm³/mol. The Morgan fingerprint density at radius 3 is 2.46 bits per heavy atom. The number of oxazole rings is 1. The van der Waals surface area contributed by atoms with Crippen LogP contribution in [0.4, 0.5) is 5.69 Å². The largest absolute Gasteiger partial charge is 0.464 e. The molecule has 6 aliphatic heterocycles. The van der Waals surface area contributed by atoms with Crippen molar-refractivity contribution in [1.82, 2.24) is 50.3 Å². The number of carbonyl (C=O) groups excluding carboxylic acids is 4. The number of anilines is 1. The predicted octanol–water partition coefficient (Wildman–Crippen LogP) is 5.66. The van der Waals surface area contributed by atoms with Gasteiger partial charge in [-0.25, -0.2) is 10.4 Å². The summed E-state index contributed by atoms with van der Waals surface area (Å²) in [6, 6.07) is 7.51. The number of nitrogens with one attached hydrogen (secondary N) is 3. The van der Waals surface area contributed by atoms with Crippen molar-refractivity contribution in [3.05, 3.63) is 53.7 Å². The first-order valence-corrected chi connectivity index (χ1v) is 29.8. The third-order valence-electron chi connectivity index (χ3n) is 18.8. The number of hydrogen-bond donors (Lipinski definition) is 3. The van der Waals surface area contributed by atoms with E-state index in [1.54, 1.807) is 6.26 Å².